The zero-order valence-electron chi connectivity index (χ0n) is 15.0. The van der Waals surface area contributed by atoms with E-state index in [9.17, 15) is 24.2 Å². The van der Waals surface area contributed by atoms with Crippen LogP contribution >= 0.6 is 23.8 Å². The van der Waals surface area contributed by atoms with E-state index in [0.29, 0.717) is 0 Å². The zero-order valence-corrected chi connectivity index (χ0v) is 17.6. The van der Waals surface area contributed by atoms with Gasteiger partial charge in [-0.1, -0.05) is 0 Å². The van der Waals surface area contributed by atoms with Gasteiger partial charge < -0.3 is 25.6 Å². The van der Waals surface area contributed by atoms with Crippen LogP contribution in [0.1, 0.15) is 6.23 Å². The minimum Gasteiger partial charge on any atom is -0.387 e. The summed E-state index contributed by atoms with van der Waals surface area (Å²) in [6, 6.07) is 0. The number of nitrogen functional groups attached to an aromatic ring is 1. The highest BCUT2D eigenvalue weighted by atomic mass is 31.3. The van der Waals surface area contributed by atoms with E-state index in [1.807, 2.05) is 0 Å². The molecule has 174 valence electrons. The van der Waals surface area contributed by atoms with Crippen LogP contribution in [0.15, 0.2) is 12.7 Å². The van der Waals surface area contributed by atoms with Crippen molar-refractivity contribution in [1.82, 2.24) is 19.5 Å². The summed E-state index contributed by atoms with van der Waals surface area (Å²) in [5.74, 6) is 0.0470. The number of hydrogen-bond acceptors (Lipinski definition) is 15. The van der Waals surface area contributed by atoms with Crippen LogP contribution < -0.4 is 5.73 Å². The Morgan fingerprint density at radius 1 is 1.13 bits per heavy atom. The molecule has 2 aromatic rings. The minimum absolute atomic E-state index is 0.0470. The summed E-state index contributed by atoms with van der Waals surface area (Å²) in [5, 5.41) is 20.4. The van der Waals surface area contributed by atoms with Crippen molar-refractivity contribution in [2.75, 3.05) is 12.3 Å². The smallest absolute Gasteiger partial charge is 0.387 e. The van der Waals surface area contributed by atoms with Gasteiger partial charge in [-0.25, -0.2) is 24.1 Å². The fourth-order valence-electron chi connectivity index (χ4n) is 2.63. The lowest BCUT2D eigenvalue weighted by Gasteiger charge is -2.18. The van der Waals surface area contributed by atoms with Gasteiger partial charge >= 0.3 is 23.8 Å². The third kappa shape index (κ3) is 5.78. The number of nitrogens with two attached hydrogens (primary N) is 1. The van der Waals surface area contributed by atoms with E-state index in [1.54, 1.807) is 0 Å². The van der Waals surface area contributed by atoms with Gasteiger partial charge in [-0.15, -0.1) is 0 Å². The van der Waals surface area contributed by atoms with Gasteiger partial charge in [0.15, 0.2) is 17.7 Å². The molecule has 0 aromatic carbocycles. The van der Waals surface area contributed by atoms with Gasteiger partial charge in [0, 0.05) is 0 Å². The molecule has 2 aromatic heterocycles. The minimum atomic E-state index is -5.64. The lowest BCUT2D eigenvalue weighted by molar-refractivity contribution is -0.0503. The summed E-state index contributed by atoms with van der Waals surface area (Å²) in [6.07, 6.45) is -3.64. The van der Waals surface area contributed by atoms with Crippen molar-refractivity contribution < 1.29 is 61.7 Å². The Balaban J connectivity index is 1.68. The monoisotopic (exact) mass is 508 g/mol. The van der Waals surface area contributed by atoms with Gasteiger partial charge in [0.2, 0.25) is 0 Å². The number of phosphoric acid groups is 2. The predicted molar refractivity (Wildman–Crippen MR) is 97.0 cm³/mol. The molecule has 3 heterocycles. The molecule has 0 saturated carbocycles. The van der Waals surface area contributed by atoms with Crippen LogP contribution in [0.5, 0.6) is 0 Å². The summed E-state index contributed by atoms with van der Waals surface area (Å²) in [5.41, 5.74) is 6.02. The van der Waals surface area contributed by atoms with Crippen LogP contribution in [-0.2, 0) is 27.0 Å². The van der Waals surface area contributed by atoms with Crippen molar-refractivity contribution in [3.05, 3.63) is 12.7 Å². The van der Waals surface area contributed by atoms with E-state index in [2.05, 4.69) is 28.1 Å². The van der Waals surface area contributed by atoms with Gasteiger partial charge in [0.25, 0.3) is 0 Å². The number of phosphoric ester groups is 1. The van der Waals surface area contributed by atoms with Gasteiger partial charge in [-0.2, -0.15) is 19.0 Å². The molecule has 21 heteroatoms. The Hall–Kier alpha value is -1.20. The van der Waals surface area contributed by atoms with Crippen molar-refractivity contribution in [2.24, 2.45) is 0 Å². The first-order valence-electron chi connectivity index (χ1n) is 7.94. The highest BCUT2D eigenvalue weighted by Crippen LogP contribution is 2.68. The zero-order chi connectivity index (χ0) is 23.2. The molecule has 0 bridgehead atoms. The molecule has 18 nitrogen and oxygen atoms in total. The molecule has 0 amide bonds. The molecule has 1 aliphatic heterocycles. The van der Waals surface area contributed by atoms with Gasteiger partial charge in [-0.3, -0.25) is 14.0 Å². The van der Waals surface area contributed by atoms with E-state index < -0.39 is 55.0 Å². The van der Waals surface area contributed by atoms with Crippen LogP contribution in [0.3, 0.4) is 0 Å². The average molecular weight is 508 g/mol. The van der Waals surface area contributed by atoms with E-state index in [1.165, 1.54) is 10.9 Å². The maximum atomic E-state index is 11.8. The van der Waals surface area contributed by atoms with E-state index in [0.717, 1.165) is 6.33 Å². The third-order valence-corrected chi connectivity index (χ3v) is 7.65. The molecule has 9 N–H and O–H groups in total. The molecule has 1 fully saturated rings. The van der Waals surface area contributed by atoms with Gasteiger partial charge in [0.05, 0.1) is 12.9 Å². The summed E-state index contributed by atoms with van der Waals surface area (Å²) in [4.78, 5) is 56.1. The first-order chi connectivity index (χ1) is 14.2. The van der Waals surface area contributed by atoms with Crippen LogP contribution in [0.25, 0.3) is 11.2 Å². The number of aliphatic hydroxyl groups is 2. The summed E-state index contributed by atoms with van der Waals surface area (Å²) in [6.45, 7) is -0.941. The normalized spacial score (nSPS) is 28.5. The second kappa shape index (κ2) is 8.62. The molecule has 0 aliphatic carbocycles. The fraction of sp³-hybridized carbons (Fsp3) is 0.500. The summed E-state index contributed by atoms with van der Waals surface area (Å²) >= 11 is 0. The van der Waals surface area contributed by atoms with Crippen LogP contribution in [0, 0.1) is 0 Å². The van der Waals surface area contributed by atoms with Gasteiger partial charge in [0.1, 0.15) is 30.2 Å². The fourth-order valence-corrected chi connectivity index (χ4v) is 5.69. The molecule has 31 heavy (non-hydrogen) atoms. The van der Waals surface area contributed by atoms with Crippen molar-refractivity contribution in [3.8, 4) is 0 Å². The second-order valence-electron chi connectivity index (χ2n) is 6.04. The first-order valence-corrected chi connectivity index (χ1v) is 12.5. The molecule has 0 spiro atoms. The largest absolute Gasteiger partial charge is 0.578 e. The maximum Gasteiger partial charge on any atom is 0.578 e. The molecule has 1 saturated heterocycles. The van der Waals surface area contributed by atoms with Crippen molar-refractivity contribution in [2.45, 2.75) is 24.5 Å². The SMILES string of the molecule is Nc1ncnc2c1ncn2[C@@H]1O[C@H](COP(=O)(O)OP(=O)(O)O[P+](O)(O)O)[C@@H](O)[C@H]1O. The number of aliphatic hydroxyl groups excluding tert-OH is 2. The van der Waals surface area contributed by atoms with Crippen molar-refractivity contribution in [1.29, 1.82) is 0 Å². The number of rotatable bonds is 8. The Morgan fingerprint density at radius 2 is 1.81 bits per heavy atom. The van der Waals surface area contributed by atoms with E-state index >= 15 is 0 Å². The molecule has 6 atom stereocenters. The van der Waals surface area contributed by atoms with Gasteiger partial charge in [-0.05, 0) is 4.31 Å². The Bertz CT molecular complexity index is 1040. The summed E-state index contributed by atoms with van der Waals surface area (Å²) in [7, 11) is -16.3. The standard InChI is InChI=1S/C10H16N5O13P3/c11-8-5-9(13-2-12-8)15(3-14-5)10-7(17)6(16)4(26-10)1-25-30(21,22)28-31(23,24)27-29(18,19)20/h2-4,6-7,10,16-20H,1H2,(H3-,11,12,13,21,22,23,24)/p+1/t4-,6-,7-,10-/m1/s1. The number of fused-ring (bicyclic) bond motifs is 1. The molecular formula is C10H17N5O13P3+. The number of hydrogen-bond donors (Lipinski definition) is 8. The third-order valence-electron chi connectivity index (χ3n) is 3.82. The van der Waals surface area contributed by atoms with Crippen molar-refractivity contribution in [3.63, 3.8) is 0 Å². The Kier molecular flexibility index (Phi) is 6.80. The van der Waals surface area contributed by atoms with E-state index in [-0.39, 0.29) is 17.0 Å². The highest BCUT2D eigenvalue weighted by molar-refractivity contribution is 7.68. The lowest BCUT2D eigenvalue weighted by Crippen LogP contribution is -2.33. The number of nitrogens with zero attached hydrogens (tertiary/aromatic N) is 4. The van der Waals surface area contributed by atoms with E-state index in [4.69, 9.17) is 30.0 Å². The van der Waals surface area contributed by atoms with Crippen molar-refractivity contribution >= 4 is 40.8 Å². The topological polar surface area (TPSA) is 282 Å². The number of aromatic nitrogens is 4. The lowest BCUT2D eigenvalue weighted by atomic mass is 10.1. The number of imidazole rings is 1. The quantitative estimate of drug-likeness (QED) is 0.178. The van der Waals surface area contributed by atoms with Crippen LogP contribution in [0.2, 0.25) is 0 Å². The molecule has 3 rings (SSSR count). The molecule has 1 aliphatic rings. The maximum absolute atomic E-state index is 11.8. The first kappa shape index (κ1) is 24.4. The number of ether oxygens (including phenoxy) is 1. The molecule has 2 unspecified atom stereocenters. The second-order valence-corrected chi connectivity index (χ2v) is 10.5. The highest BCUT2D eigenvalue weighted by Gasteiger charge is 2.50. The van der Waals surface area contributed by atoms with Crippen LogP contribution in [0.4, 0.5) is 5.82 Å². The number of anilines is 1. The molecule has 0 radical (unpaired) electrons. The summed E-state index contributed by atoms with van der Waals surface area (Å²) < 4.78 is 41.5. The predicted octanol–water partition coefficient (Wildman–Crippen LogP) is -2.07. The molecular weight excluding hydrogens is 491 g/mol. The average Bonchev–Trinajstić information content (AvgIpc) is 3.13. The Morgan fingerprint density at radius 3 is 2.45 bits per heavy atom. The Labute approximate surface area is 172 Å². The van der Waals surface area contributed by atoms with Crippen LogP contribution in [-0.4, -0.2) is 79.1 Å².